The average molecular weight is 418 g/mol. The number of H-pyrrole nitrogens is 1. The molecule has 154 valence electrons. The Labute approximate surface area is 168 Å². The Morgan fingerprint density at radius 1 is 1.03 bits per heavy atom. The first kappa shape index (κ1) is 19.4. The van der Waals surface area contributed by atoms with Crippen molar-refractivity contribution >= 4 is 38.5 Å². The molecular weight excluding hydrogens is 396 g/mol. The number of rotatable bonds is 2. The van der Waals surface area contributed by atoms with Crippen LogP contribution in [-0.4, -0.2) is 84.6 Å². The largest absolute Gasteiger partial charge is 0.360 e. The van der Waals surface area contributed by atoms with Gasteiger partial charge in [-0.15, -0.1) is 0 Å². The topological polar surface area (TPSA) is 120 Å². The number of nitrogens with one attached hydrogen (secondary N) is 2. The third-order valence-corrected chi connectivity index (χ3v) is 7.20. The van der Waals surface area contributed by atoms with Crippen LogP contribution in [-0.2, 0) is 19.4 Å². The fourth-order valence-corrected chi connectivity index (χ4v) is 5.50. The van der Waals surface area contributed by atoms with Crippen molar-refractivity contribution in [2.75, 3.05) is 37.7 Å². The molecule has 2 fully saturated rings. The molecule has 1 aromatic carbocycles. The number of carbonyl (C=O) groups excluding carboxylic acids is 3. The predicted octanol–water partition coefficient (Wildman–Crippen LogP) is -0.244. The van der Waals surface area contributed by atoms with Gasteiger partial charge in [0.15, 0.2) is 9.84 Å². The molecule has 2 aromatic rings. The first-order chi connectivity index (χ1) is 13.8. The summed E-state index contributed by atoms with van der Waals surface area (Å²) >= 11 is 0. The third-order valence-electron chi connectivity index (χ3n) is 5.44. The summed E-state index contributed by atoms with van der Waals surface area (Å²) in [5.41, 5.74) is 1.47. The number of hydrogen-bond acceptors (Lipinski definition) is 5. The normalized spacial score (nSPS) is 21.3. The Balaban J connectivity index is 1.33. The van der Waals surface area contributed by atoms with Crippen molar-refractivity contribution in [3.05, 3.63) is 36.0 Å². The summed E-state index contributed by atoms with van der Waals surface area (Å²) in [7, 11) is -3.13. The highest BCUT2D eigenvalue weighted by atomic mass is 32.2. The summed E-state index contributed by atoms with van der Waals surface area (Å²) in [5, 5.41) is 3.36. The Morgan fingerprint density at radius 2 is 1.72 bits per heavy atom. The number of aromatic nitrogens is 1. The number of aromatic amines is 1. The van der Waals surface area contributed by atoms with Gasteiger partial charge in [0.25, 0.3) is 5.91 Å². The predicted molar refractivity (Wildman–Crippen MR) is 106 cm³/mol. The number of amides is 3. The Kier molecular flexibility index (Phi) is 5.03. The van der Waals surface area contributed by atoms with Crippen LogP contribution in [0.5, 0.6) is 0 Å². The highest BCUT2D eigenvalue weighted by molar-refractivity contribution is 7.91. The zero-order valence-electron chi connectivity index (χ0n) is 15.8. The van der Waals surface area contributed by atoms with Gasteiger partial charge in [-0.3, -0.25) is 14.4 Å². The summed E-state index contributed by atoms with van der Waals surface area (Å²) in [6, 6.07) is 7.03. The van der Waals surface area contributed by atoms with Gasteiger partial charge in [-0.2, -0.15) is 0 Å². The van der Waals surface area contributed by atoms with Gasteiger partial charge in [-0.1, -0.05) is 18.2 Å². The van der Waals surface area contributed by atoms with Gasteiger partial charge in [-0.05, 0) is 12.5 Å². The molecule has 0 saturated carbocycles. The summed E-state index contributed by atoms with van der Waals surface area (Å²) in [5.74, 6) is -1.69. The van der Waals surface area contributed by atoms with Crippen LogP contribution in [0, 0.1) is 0 Å². The second-order valence-electron chi connectivity index (χ2n) is 7.41. The van der Waals surface area contributed by atoms with E-state index >= 15 is 0 Å². The maximum absolute atomic E-state index is 12.8. The molecule has 1 aromatic heterocycles. The minimum Gasteiger partial charge on any atom is -0.360 e. The Bertz CT molecular complexity index is 1070. The molecule has 4 rings (SSSR count). The van der Waals surface area contributed by atoms with E-state index < -0.39 is 27.7 Å². The highest BCUT2D eigenvalue weighted by Gasteiger charge is 2.33. The maximum Gasteiger partial charge on any atom is 0.312 e. The molecule has 1 atom stereocenters. The first-order valence-electron chi connectivity index (χ1n) is 9.50. The van der Waals surface area contributed by atoms with E-state index in [1.165, 1.54) is 4.90 Å². The molecule has 1 unspecified atom stereocenters. The van der Waals surface area contributed by atoms with Gasteiger partial charge in [0, 0.05) is 49.3 Å². The lowest BCUT2D eigenvalue weighted by molar-refractivity contribution is -0.147. The number of piperazine rings is 1. The van der Waals surface area contributed by atoms with Crippen LogP contribution in [0.1, 0.15) is 16.8 Å². The molecule has 0 radical (unpaired) electrons. The lowest BCUT2D eigenvalue weighted by Crippen LogP contribution is -2.54. The number of hydrogen-bond donors (Lipinski definition) is 2. The first-order valence-corrected chi connectivity index (χ1v) is 11.3. The zero-order valence-corrected chi connectivity index (χ0v) is 16.6. The number of carbonyl (C=O) groups is 3. The molecule has 3 heterocycles. The second-order valence-corrected chi connectivity index (χ2v) is 9.63. The van der Waals surface area contributed by atoms with E-state index in [0.29, 0.717) is 25.1 Å². The van der Waals surface area contributed by atoms with E-state index in [4.69, 9.17) is 0 Å². The molecule has 0 bridgehead atoms. The standard InChI is InChI=1S/C19H22N4O5S/c24-17(21-13-5-10-29(27,28)12-13)19(26)23-8-6-22(7-9-23)18(25)15-11-20-16-4-2-1-3-14(15)16/h1-4,11,13,20H,5-10,12H2,(H,21,24). The zero-order chi connectivity index (χ0) is 20.6. The fourth-order valence-electron chi connectivity index (χ4n) is 3.83. The van der Waals surface area contributed by atoms with E-state index in [1.54, 1.807) is 11.1 Å². The number of nitrogens with zero attached hydrogens (tertiary/aromatic N) is 2. The molecule has 2 saturated heterocycles. The number of para-hydroxylation sites is 1. The number of benzene rings is 1. The SMILES string of the molecule is O=C(NC1CCS(=O)(=O)C1)C(=O)N1CCN(C(=O)c2c[nH]c3ccccc23)CC1. The molecule has 9 nitrogen and oxygen atoms in total. The molecule has 2 aliphatic rings. The van der Waals surface area contributed by atoms with Crippen LogP contribution in [0.2, 0.25) is 0 Å². The molecule has 0 aliphatic carbocycles. The minimum atomic E-state index is -3.13. The van der Waals surface area contributed by atoms with Gasteiger partial charge < -0.3 is 20.1 Å². The molecule has 10 heteroatoms. The van der Waals surface area contributed by atoms with E-state index in [1.807, 2.05) is 24.3 Å². The average Bonchev–Trinajstić information content (AvgIpc) is 3.29. The van der Waals surface area contributed by atoms with Crippen LogP contribution < -0.4 is 5.32 Å². The van der Waals surface area contributed by atoms with E-state index in [-0.39, 0.29) is 30.5 Å². The quantitative estimate of drug-likeness (QED) is 0.652. The Hall–Kier alpha value is -2.88. The lowest BCUT2D eigenvalue weighted by Gasteiger charge is -2.34. The monoisotopic (exact) mass is 418 g/mol. The number of fused-ring (bicyclic) bond motifs is 1. The van der Waals surface area contributed by atoms with Gasteiger partial charge in [0.05, 0.1) is 17.1 Å². The van der Waals surface area contributed by atoms with Gasteiger partial charge >= 0.3 is 11.8 Å². The fraction of sp³-hybridized carbons (Fsp3) is 0.421. The molecule has 29 heavy (non-hydrogen) atoms. The highest BCUT2D eigenvalue weighted by Crippen LogP contribution is 2.20. The second kappa shape index (κ2) is 7.51. The van der Waals surface area contributed by atoms with Crippen molar-refractivity contribution in [2.24, 2.45) is 0 Å². The summed E-state index contributed by atoms with van der Waals surface area (Å²) in [6.45, 7) is 1.16. The molecule has 0 spiro atoms. The van der Waals surface area contributed by atoms with Crippen LogP contribution >= 0.6 is 0 Å². The summed E-state index contributed by atoms with van der Waals surface area (Å²) in [4.78, 5) is 43.6. The summed E-state index contributed by atoms with van der Waals surface area (Å²) < 4.78 is 23.0. The minimum absolute atomic E-state index is 0.0285. The van der Waals surface area contributed by atoms with Crippen LogP contribution in [0.25, 0.3) is 10.9 Å². The molecule has 2 aliphatic heterocycles. The Morgan fingerprint density at radius 3 is 2.41 bits per heavy atom. The van der Waals surface area contributed by atoms with Crippen molar-refractivity contribution in [3.8, 4) is 0 Å². The van der Waals surface area contributed by atoms with Gasteiger partial charge in [-0.25, -0.2) is 8.42 Å². The third kappa shape index (κ3) is 3.98. The molecule has 3 amide bonds. The van der Waals surface area contributed by atoms with Crippen LogP contribution in [0.15, 0.2) is 30.5 Å². The van der Waals surface area contributed by atoms with Gasteiger partial charge in [0.1, 0.15) is 0 Å². The smallest absolute Gasteiger partial charge is 0.312 e. The summed E-state index contributed by atoms with van der Waals surface area (Å²) in [6.07, 6.45) is 2.02. The van der Waals surface area contributed by atoms with E-state index in [9.17, 15) is 22.8 Å². The van der Waals surface area contributed by atoms with Crippen molar-refractivity contribution in [1.29, 1.82) is 0 Å². The van der Waals surface area contributed by atoms with Crippen LogP contribution in [0.4, 0.5) is 0 Å². The van der Waals surface area contributed by atoms with Crippen LogP contribution in [0.3, 0.4) is 0 Å². The van der Waals surface area contributed by atoms with E-state index in [0.717, 1.165) is 10.9 Å². The van der Waals surface area contributed by atoms with Crippen molar-refractivity contribution in [3.63, 3.8) is 0 Å². The van der Waals surface area contributed by atoms with Gasteiger partial charge in [0.2, 0.25) is 0 Å². The maximum atomic E-state index is 12.8. The van der Waals surface area contributed by atoms with E-state index in [2.05, 4.69) is 10.3 Å². The van der Waals surface area contributed by atoms with Crippen molar-refractivity contribution in [2.45, 2.75) is 12.5 Å². The lowest BCUT2D eigenvalue weighted by atomic mass is 10.1. The number of sulfone groups is 1. The molecular formula is C19H22N4O5S. The van der Waals surface area contributed by atoms with Crippen molar-refractivity contribution in [1.82, 2.24) is 20.1 Å². The van der Waals surface area contributed by atoms with Crippen molar-refractivity contribution < 1.29 is 22.8 Å². The molecule has 2 N–H and O–H groups in total.